The molecule has 0 fully saturated rings. The molecule has 0 aliphatic heterocycles. The fourth-order valence-corrected chi connectivity index (χ4v) is 9.27. The zero-order valence-corrected chi connectivity index (χ0v) is 28.4. The summed E-state index contributed by atoms with van der Waals surface area (Å²) in [7, 11) is 0. The Hall–Kier alpha value is -6.77. The fourth-order valence-electron chi connectivity index (χ4n) is 9.27. The molecule has 7 aromatic carbocycles. The molecule has 0 radical (unpaired) electrons. The Morgan fingerprint density at radius 2 is 0.962 bits per heavy atom. The fraction of sp³-hybridized carbons (Fsp3) is 0.0200. The molecule has 2 aliphatic carbocycles. The van der Waals surface area contributed by atoms with Gasteiger partial charge in [-0.1, -0.05) is 170 Å². The Balaban J connectivity index is 1.37. The van der Waals surface area contributed by atoms with E-state index in [1.807, 2.05) is 0 Å². The van der Waals surface area contributed by atoms with Gasteiger partial charge in [0.25, 0.3) is 0 Å². The molecular weight excluding hydrogens is 629 g/mol. The van der Waals surface area contributed by atoms with Gasteiger partial charge in [0.2, 0.25) is 0 Å². The molecule has 11 rings (SSSR count). The van der Waals surface area contributed by atoms with Gasteiger partial charge in [-0.25, -0.2) is 4.98 Å². The van der Waals surface area contributed by atoms with Crippen LogP contribution in [0, 0.1) is 0 Å². The van der Waals surface area contributed by atoms with E-state index in [0.717, 1.165) is 28.1 Å². The lowest BCUT2D eigenvalue weighted by atomic mass is 9.65. The highest BCUT2D eigenvalue weighted by molar-refractivity contribution is 6.28. The quantitative estimate of drug-likeness (QED) is 0.180. The number of hydrogen-bond acceptors (Lipinski definition) is 1. The third-order valence-corrected chi connectivity index (χ3v) is 11.2. The molecule has 2 nitrogen and oxygen atoms in total. The minimum absolute atomic E-state index is 0.567. The molecule has 0 spiro atoms. The van der Waals surface area contributed by atoms with Gasteiger partial charge in [-0.3, -0.25) is 4.57 Å². The van der Waals surface area contributed by atoms with Gasteiger partial charge in [0, 0.05) is 16.3 Å². The van der Waals surface area contributed by atoms with Gasteiger partial charge in [0.15, 0.2) is 0 Å². The van der Waals surface area contributed by atoms with Crippen LogP contribution in [-0.4, -0.2) is 9.55 Å². The maximum absolute atomic E-state index is 5.33. The zero-order chi connectivity index (χ0) is 34.2. The molecule has 0 saturated carbocycles. The van der Waals surface area contributed by atoms with Crippen LogP contribution in [-0.2, 0) is 5.41 Å². The highest BCUT2D eigenvalue weighted by atomic mass is 15.1. The van der Waals surface area contributed by atoms with Crippen LogP contribution in [0.5, 0.6) is 0 Å². The number of hydrogen-bond donors (Lipinski definition) is 0. The Kier molecular flexibility index (Phi) is 6.20. The van der Waals surface area contributed by atoms with Crippen LogP contribution in [0.2, 0.25) is 0 Å². The van der Waals surface area contributed by atoms with Crippen molar-refractivity contribution in [1.82, 2.24) is 9.55 Å². The summed E-state index contributed by atoms with van der Waals surface area (Å²) in [5, 5.41) is 2.55. The van der Waals surface area contributed by atoms with Gasteiger partial charge in [-0.05, 0) is 79.9 Å². The maximum atomic E-state index is 5.33. The molecule has 0 N–H and O–H groups in total. The van der Waals surface area contributed by atoms with E-state index < -0.39 is 5.41 Å². The number of rotatable bonds is 5. The standard InChI is InChI=1S/C50H32N2/c1-5-17-33(18-6-1)41-28-16-30-44(51-41)52-42-29-15-27-38-37-25-13-14-26-39(37)46-47-40(31-32-43(52)48(47)45(38)42)50(35-21-9-3-10-22-35,36-23-11-4-12-24-36)49(46)34-19-7-2-8-20-34/h1-32H. The van der Waals surface area contributed by atoms with E-state index in [1.165, 1.54) is 66.4 Å². The van der Waals surface area contributed by atoms with E-state index in [2.05, 4.69) is 199 Å². The van der Waals surface area contributed by atoms with Crippen LogP contribution >= 0.6 is 0 Å². The van der Waals surface area contributed by atoms with E-state index in [0.29, 0.717) is 0 Å². The smallest absolute Gasteiger partial charge is 0.138 e. The summed E-state index contributed by atoms with van der Waals surface area (Å²) in [6, 6.07) is 70.8. The first kappa shape index (κ1) is 29.0. The van der Waals surface area contributed by atoms with Crippen molar-refractivity contribution in [2.45, 2.75) is 5.41 Å². The molecule has 2 aromatic heterocycles. The molecule has 0 unspecified atom stereocenters. The van der Waals surface area contributed by atoms with Gasteiger partial charge < -0.3 is 0 Å². The number of nitrogens with zero attached hydrogens (tertiary/aromatic N) is 2. The molecule has 0 bridgehead atoms. The number of aromatic nitrogens is 2. The predicted molar refractivity (Wildman–Crippen MR) is 215 cm³/mol. The Morgan fingerprint density at radius 3 is 1.65 bits per heavy atom. The monoisotopic (exact) mass is 660 g/mol. The first-order chi connectivity index (χ1) is 25.8. The summed E-state index contributed by atoms with van der Waals surface area (Å²) in [6.45, 7) is 0. The third kappa shape index (κ3) is 3.87. The van der Waals surface area contributed by atoms with Crippen molar-refractivity contribution in [3.63, 3.8) is 0 Å². The second kappa shape index (κ2) is 11.1. The van der Waals surface area contributed by atoms with Gasteiger partial charge in [0.1, 0.15) is 5.82 Å². The van der Waals surface area contributed by atoms with Gasteiger partial charge in [-0.2, -0.15) is 0 Å². The van der Waals surface area contributed by atoms with Crippen molar-refractivity contribution in [1.29, 1.82) is 0 Å². The van der Waals surface area contributed by atoms with Crippen LogP contribution in [0.1, 0.15) is 33.4 Å². The highest BCUT2D eigenvalue weighted by Crippen LogP contribution is 2.63. The Bertz CT molecular complexity index is 2830. The SMILES string of the molecule is c1ccc(C2=C3c4ccccc4-c4cccc5c4c4c3c(ccc4n5-c3cccc(-c4ccccc4)n3)C2(c2ccccc2)c2ccccc2)cc1. The van der Waals surface area contributed by atoms with Crippen LogP contribution in [0.15, 0.2) is 194 Å². The lowest BCUT2D eigenvalue weighted by molar-refractivity contribution is 0.815. The van der Waals surface area contributed by atoms with Crippen molar-refractivity contribution in [3.8, 4) is 28.2 Å². The first-order valence-corrected chi connectivity index (χ1v) is 18.0. The molecule has 0 saturated heterocycles. The lowest BCUT2D eigenvalue weighted by Gasteiger charge is -2.36. The van der Waals surface area contributed by atoms with Gasteiger partial charge in [-0.15, -0.1) is 0 Å². The van der Waals surface area contributed by atoms with Crippen LogP contribution in [0.4, 0.5) is 0 Å². The first-order valence-electron chi connectivity index (χ1n) is 18.0. The van der Waals surface area contributed by atoms with E-state index in [4.69, 9.17) is 4.98 Å². The average Bonchev–Trinajstić information content (AvgIpc) is 3.69. The summed E-state index contributed by atoms with van der Waals surface area (Å²) in [5.74, 6) is 0.913. The van der Waals surface area contributed by atoms with E-state index in [1.54, 1.807) is 0 Å². The van der Waals surface area contributed by atoms with E-state index in [-0.39, 0.29) is 0 Å². The average molecular weight is 661 g/mol. The van der Waals surface area contributed by atoms with Gasteiger partial charge >= 0.3 is 0 Å². The lowest BCUT2D eigenvalue weighted by Crippen LogP contribution is -2.29. The normalized spacial score (nSPS) is 13.8. The molecule has 2 aliphatic rings. The molecule has 9 aromatic rings. The number of fused-ring (bicyclic) bond motifs is 3. The zero-order valence-electron chi connectivity index (χ0n) is 28.4. The maximum Gasteiger partial charge on any atom is 0.138 e. The van der Waals surface area contributed by atoms with Crippen molar-refractivity contribution in [2.24, 2.45) is 0 Å². The Labute approximate surface area is 302 Å². The minimum Gasteiger partial charge on any atom is -0.294 e. The summed E-state index contributed by atoms with van der Waals surface area (Å²) < 4.78 is 2.39. The summed E-state index contributed by atoms with van der Waals surface area (Å²) in [4.78, 5) is 5.33. The molecule has 242 valence electrons. The van der Waals surface area contributed by atoms with Gasteiger partial charge in [0.05, 0.1) is 22.1 Å². The molecule has 0 atom stereocenters. The van der Waals surface area contributed by atoms with Crippen molar-refractivity contribution >= 4 is 33.0 Å². The second-order valence-corrected chi connectivity index (χ2v) is 13.8. The molecule has 52 heavy (non-hydrogen) atoms. The molecule has 2 heteroatoms. The Morgan fingerprint density at radius 1 is 0.404 bits per heavy atom. The van der Waals surface area contributed by atoms with Crippen LogP contribution in [0.3, 0.4) is 0 Å². The summed E-state index contributed by atoms with van der Waals surface area (Å²) in [6.07, 6.45) is 0. The van der Waals surface area contributed by atoms with Crippen molar-refractivity contribution in [3.05, 3.63) is 228 Å². The molecule has 2 heterocycles. The van der Waals surface area contributed by atoms with Crippen LogP contribution in [0.25, 0.3) is 61.2 Å². The predicted octanol–water partition coefficient (Wildman–Crippen LogP) is 12.1. The largest absolute Gasteiger partial charge is 0.294 e. The van der Waals surface area contributed by atoms with Crippen molar-refractivity contribution < 1.29 is 0 Å². The summed E-state index contributed by atoms with van der Waals surface area (Å²) >= 11 is 0. The third-order valence-electron chi connectivity index (χ3n) is 11.2. The molecule has 0 amide bonds. The van der Waals surface area contributed by atoms with E-state index in [9.17, 15) is 0 Å². The van der Waals surface area contributed by atoms with Crippen molar-refractivity contribution in [2.75, 3.05) is 0 Å². The number of allylic oxidation sites excluding steroid dienone is 1. The minimum atomic E-state index is -0.567. The summed E-state index contributed by atoms with van der Waals surface area (Å²) in [5.41, 5.74) is 16.6. The van der Waals surface area contributed by atoms with Crippen LogP contribution < -0.4 is 0 Å². The topological polar surface area (TPSA) is 17.8 Å². The highest BCUT2D eigenvalue weighted by Gasteiger charge is 2.50. The van der Waals surface area contributed by atoms with E-state index >= 15 is 0 Å². The second-order valence-electron chi connectivity index (χ2n) is 13.8. The number of pyridine rings is 1. The molecular formula is C50H32N2. The number of benzene rings is 7.